The van der Waals surface area contributed by atoms with Crippen molar-refractivity contribution in [2.45, 2.75) is 49.9 Å². The fraction of sp³-hybridized carbons (Fsp3) is 0.556. The molecule has 160 valence electrons. The number of alkyl halides is 7. The Morgan fingerprint density at radius 2 is 1.62 bits per heavy atom. The van der Waals surface area contributed by atoms with Crippen LogP contribution in [0.15, 0.2) is 30.3 Å². The maximum absolute atomic E-state index is 13.9. The second-order valence-electron chi connectivity index (χ2n) is 7.39. The number of carbonyl (C=O) groups is 2. The van der Waals surface area contributed by atoms with E-state index < -0.39 is 67.2 Å². The molecule has 11 heteroatoms. The number of benzene rings is 1. The number of ether oxygens (including phenoxy) is 1. The van der Waals surface area contributed by atoms with Gasteiger partial charge < -0.3 is 9.64 Å². The second kappa shape index (κ2) is 6.88. The number of amides is 1. The molecule has 0 aromatic heterocycles. The molecule has 0 bridgehead atoms. The number of rotatable bonds is 4. The summed E-state index contributed by atoms with van der Waals surface area (Å²) in [6.07, 6.45) is -10.3. The zero-order chi connectivity index (χ0) is 21.7. The van der Waals surface area contributed by atoms with Crippen molar-refractivity contribution >= 4 is 11.9 Å². The van der Waals surface area contributed by atoms with Crippen LogP contribution in [0.2, 0.25) is 0 Å². The lowest BCUT2D eigenvalue weighted by Gasteiger charge is -2.48. The first-order valence-corrected chi connectivity index (χ1v) is 8.60. The summed E-state index contributed by atoms with van der Waals surface area (Å²) in [5.74, 6) is -10.7. The summed E-state index contributed by atoms with van der Waals surface area (Å²) >= 11 is 0. The topological polar surface area (TPSA) is 46.6 Å². The highest BCUT2D eigenvalue weighted by Crippen LogP contribution is 2.61. The van der Waals surface area contributed by atoms with Crippen LogP contribution in [0.4, 0.5) is 30.7 Å². The Morgan fingerprint density at radius 3 is 2.14 bits per heavy atom. The number of halogens is 7. The number of carbonyl (C=O) groups excluding carboxylic acids is 2. The van der Waals surface area contributed by atoms with Gasteiger partial charge in [-0.25, -0.2) is 22.4 Å². The maximum Gasteiger partial charge on any atom is 0.403 e. The van der Waals surface area contributed by atoms with E-state index in [1.807, 2.05) is 0 Å². The van der Waals surface area contributed by atoms with E-state index in [0.717, 1.165) is 0 Å². The highest BCUT2D eigenvalue weighted by Gasteiger charge is 2.75. The van der Waals surface area contributed by atoms with Gasteiger partial charge in [-0.3, -0.25) is 4.79 Å². The van der Waals surface area contributed by atoms with Crippen LogP contribution in [0.1, 0.15) is 24.8 Å². The third kappa shape index (κ3) is 4.04. The van der Waals surface area contributed by atoms with Gasteiger partial charge in [-0.05, 0) is 5.56 Å². The molecule has 29 heavy (non-hydrogen) atoms. The molecule has 2 fully saturated rings. The van der Waals surface area contributed by atoms with Crippen molar-refractivity contribution in [1.29, 1.82) is 0 Å². The van der Waals surface area contributed by atoms with Crippen LogP contribution in [-0.4, -0.2) is 47.4 Å². The predicted octanol–water partition coefficient (Wildman–Crippen LogP) is 3.94. The fourth-order valence-electron chi connectivity index (χ4n) is 3.64. The number of hydrogen-bond donors (Lipinski definition) is 0. The summed E-state index contributed by atoms with van der Waals surface area (Å²) in [7, 11) is 0. The normalized spacial score (nSPS) is 24.7. The van der Waals surface area contributed by atoms with Crippen molar-refractivity contribution in [1.82, 2.24) is 4.90 Å². The minimum Gasteiger partial charge on any atom is -0.459 e. The van der Waals surface area contributed by atoms with E-state index >= 15 is 0 Å². The molecule has 0 radical (unpaired) electrons. The molecule has 1 aromatic rings. The lowest BCUT2D eigenvalue weighted by atomic mass is 9.64. The zero-order valence-electron chi connectivity index (χ0n) is 14.8. The van der Waals surface area contributed by atoms with Gasteiger partial charge in [0.1, 0.15) is 12.6 Å². The highest BCUT2D eigenvalue weighted by molar-refractivity contribution is 5.90. The third-order valence-electron chi connectivity index (χ3n) is 5.10. The number of nitrogens with zero attached hydrogens (tertiary/aromatic N) is 1. The van der Waals surface area contributed by atoms with Gasteiger partial charge in [-0.1, -0.05) is 30.3 Å². The molecule has 1 aliphatic heterocycles. The van der Waals surface area contributed by atoms with Crippen molar-refractivity contribution in [3.8, 4) is 0 Å². The largest absolute Gasteiger partial charge is 0.459 e. The molecule has 1 aromatic carbocycles. The maximum atomic E-state index is 13.9. The van der Waals surface area contributed by atoms with E-state index in [1.54, 1.807) is 30.3 Å². The van der Waals surface area contributed by atoms with Crippen molar-refractivity contribution < 1.29 is 45.1 Å². The molecular weight excluding hydrogens is 411 g/mol. The molecule has 1 amide bonds. The first-order chi connectivity index (χ1) is 13.3. The Bertz CT molecular complexity index is 786. The van der Waals surface area contributed by atoms with Gasteiger partial charge in [-0.15, -0.1) is 0 Å². The van der Waals surface area contributed by atoms with E-state index in [2.05, 4.69) is 0 Å². The molecule has 1 aliphatic carbocycles. The SMILES string of the molecule is O=C(OCc1ccccc1)[C@@H]1CC(F)(F)CN1C(=O)C1(C(F)(F)F)CC(F)(F)C1. The Hall–Kier alpha value is -2.33. The highest BCUT2D eigenvalue weighted by atomic mass is 19.4. The molecule has 1 atom stereocenters. The van der Waals surface area contributed by atoms with E-state index in [4.69, 9.17) is 4.74 Å². The Morgan fingerprint density at radius 1 is 1.03 bits per heavy atom. The van der Waals surface area contributed by atoms with E-state index in [9.17, 15) is 40.3 Å². The molecular formula is C18H16F7NO3. The third-order valence-corrected chi connectivity index (χ3v) is 5.10. The van der Waals surface area contributed by atoms with Gasteiger partial charge in [0.25, 0.3) is 11.8 Å². The summed E-state index contributed by atoms with van der Waals surface area (Å²) < 4.78 is 99.3. The van der Waals surface area contributed by atoms with Crippen LogP contribution in [0.3, 0.4) is 0 Å². The van der Waals surface area contributed by atoms with E-state index in [0.29, 0.717) is 5.56 Å². The Kier molecular flexibility index (Phi) is 5.07. The lowest BCUT2D eigenvalue weighted by molar-refractivity contribution is -0.299. The monoisotopic (exact) mass is 427 g/mol. The summed E-state index contributed by atoms with van der Waals surface area (Å²) in [6, 6.07) is 6.05. The predicted molar refractivity (Wildman–Crippen MR) is 84.0 cm³/mol. The van der Waals surface area contributed by atoms with Crippen LogP contribution in [0.25, 0.3) is 0 Å². The van der Waals surface area contributed by atoms with Crippen LogP contribution in [-0.2, 0) is 20.9 Å². The first kappa shape index (κ1) is 21.4. The first-order valence-electron chi connectivity index (χ1n) is 8.60. The van der Waals surface area contributed by atoms with E-state index in [1.165, 1.54) is 0 Å². The molecule has 1 saturated heterocycles. The molecule has 2 aliphatic rings. The van der Waals surface area contributed by atoms with Gasteiger partial charge in [0, 0.05) is 19.3 Å². The van der Waals surface area contributed by atoms with Crippen LogP contribution >= 0.6 is 0 Å². The van der Waals surface area contributed by atoms with Gasteiger partial charge >= 0.3 is 12.1 Å². The van der Waals surface area contributed by atoms with Gasteiger partial charge in [0.15, 0.2) is 5.41 Å². The molecule has 1 heterocycles. The van der Waals surface area contributed by atoms with Gasteiger partial charge in [-0.2, -0.15) is 13.2 Å². The molecule has 1 saturated carbocycles. The molecule has 4 nitrogen and oxygen atoms in total. The van der Waals surface area contributed by atoms with Crippen molar-refractivity contribution in [2.75, 3.05) is 6.54 Å². The Balaban J connectivity index is 1.80. The van der Waals surface area contributed by atoms with Crippen molar-refractivity contribution in [3.05, 3.63) is 35.9 Å². The van der Waals surface area contributed by atoms with Gasteiger partial charge in [0.05, 0.1) is 6.54 Å². The minimum absolute atomic E-state index is 0.0378. The second-order valence-corrected chi connectivity index (χ2v) is 7.39. The minimum atomic E-state index is -5.37. The smallest absolute Gasteiger partial charge is 0.403 e. The average Bonchev–Trinajstić information content (AvgIpc) is 2.92. The van der Waals surface area contributed by atoms with Crippen LogP contribution in [0.5, 0.6) is 0 Å². The summed E-state index contributed by atoms with van der Waals surface area (Å²) in [5, 5.41) is 0. The van der Waals surface area contributed by atoms with Crippen LogP contribution in [0, 0.1) is 5.41 Å². The standard InChI is InChI=1S/C18H16F7NO3/c19-16(20)6-12(13(27)29-7-11-4-2-1-3-5-11)26(10-16)14(28)15(18(23,24)25)8-17(21,22)9-15/h1-5,12H,6-10H2/t12-/m0/s1. The zero-order valence-corrected chi connectivity index (χ0v) is 14.8. The summed E-state index contributed by atoms with van der Waals surface area (Å²) in [5.41, 5.74) is -3.00. The lowest BCUT2D eigenvalue weighted by Crippen LogP contribution is -2.64. The number of hydrogen-bond acceptors (Lipinski definition) is 3. The molecule has 0 N–H and O–H groups in total. The Labute approximate surface area is 160 Å². The number of esters is 1. The quantitative estimate of drug-likeness (QED) is 0.540. The molecule has 0 unspecified atom stereocenters. The van der Waals surface area contributed by atoms with Crippen LogP contribution < -0.4 is 0 Å². The molecule has 0 spiro atoms. The number of likely N-dealkylation sites (tertiary alicyclic amines) is 1. The fourth-order valence-corrected chi connectivity index (χ4v) is 3.64. The van der Waals surface area contributed by atoms with E-state index in [-0.39, 0.29) is 11.5 Å². The van der Waals surface area contributed by atoms with Gasteiger partial charge in [0.2, 0.25) is 5.91 Å². The summed E-state index contributed by atoms with van der Waals surface area (Å²) in [4.78, 5) is 24.8. The van der Waals surface area contributed by atoms with Crippen molar-refractivity contribution in [3.63, 3.8) is 0 Å². The van der Waals surface area contributed by atoms with Crippen molar-refractivity contribution in [2.24, 2.45) is 5.41 Å². The molecule has 3 rings (SSSR count). The summed E-state index contributed by atoms with van der Waals surface area (Å²) in [6.45, 7) is -1.81. The average molecular weight is 427 g/mol.